The lowest BCUT2D eigenvalue weighted by atomic mass is 10.2. The maximum Gasteiger partial charge on any atom is 0.332 e. The summed E-state index contributed by atoms with van der Waals surface area (Å²) in [5.41, 5.74) is -0.653. The van der Waals surface area contributed by atoms with E-state index in [2.05, 4.69) is 6.58 Å². The highest BCUT2D eigenvalue weighted by atomic mass is 32.2. The molecule has 3 N–H and O–H groups in total. The Morgan fingerprint density at radius 2 is 1.93 bits per heavy atom. The topological polar surface area (TPSA) is 112 Å². The van der Waals surface area contributed by atoms with Crippen LogP contribution < -0.4 is 0 Å². The molecule has 1 unspecified atom stereocenters. The van der Waals surface area contributed by atoms with Gasteiger partial charge in [0, 0.05) is 0 Å². The Morgan fingerprint density at radius 3 is 2.14 bits per heavy atom. The number of aliphatic hydroxyl groups excluding tert-OH is 1. The van der Waals surface area contributed by atoms with Crippen LogP contribution in [0.1, 0.15) is 6.92 Å². The molecule has 0 amide bonds. The first-order valence-corrected chi connectivity index (χ1v) is 4.88. The highest BCUT2D eigenvalue weighted by Gasteiger charge is 2.26. The molecule has 0 saturated heterocycles. The molecule has 0 spiro atoms. The van der Waals surface area contributed by atoms with Gasteiger partial charge in [0.25, 0.3) is 10.1 Å². The van der Waals surface area contributed by atoms with E-state index in [9.17, 15) is 13.2 Å². The van der Waals surface area contributed by atoms with Crippen LogP contribution in [0.5, 0.6) is 0 Å². The van der Waals surface area contributed by atoms with Gasteiger partial charge in [-0.2, -0.15) is 8.42 Å². The van der Waals surface area contributed by atoms with Crippen LogP contribution in [0.4, 0.5) is 0 Å². The predicted octanol–water partition coefficient (Wildman–Crippen LogP) is -0.220. The first kappa shape index (κ1) is 12.8. The fourth-order valence-electron chi connectivity index (χ4n) is 0.780. The van der Waals surface area contributed by atoms with Crippen LogP contribution in [-0.4, -0.2) is 35.3 Å². The molecule has 0 heterocycles. The molecule has 80 valence electrons. The molecule has 1 atom stereocenters. The number of aliphatic carboxylic acids is 1. The summed E-state index contributed by atoms with van der Waals surface area (Å²) in [7, 11) is -4.74. The first-order valence-electron chi connectivity index (χ1n) is 3.44. The van der Waals surface area contributed by atoms with Gasteiger partial charge < -0.3 is 10.2 Å². The molecule has 0 bridgehead atoms. The third-order valence-electron chi connectivity index (χ3n) is 1.46. The molecule has 0 rings (SSSR count). The molecule has 0 aromatic carbocycles. The lowest BCUT2D eigenvalue weighted by molar-refractivity contribution is -0.132. The van der Waals surface area contributed by atoms with Gasteiger partial charge in [-0.05, 0) is 6.92 Å². The van der Waals surface area contributed by atoms with E-state index in [0.29, 0.717) is 0 Å². The van der Waals surface area contributed by atoms with Crippen molar-refractivity contribution >= 4 is 16.1 Å². The summed E-state index contributed by atoms with van der Waals surface area (Å²) >= 11 is 0. The van der Waals surface area contributed by atoms with Crippen molar-refractivity contribution in [2.75, 3.05) is 0 Å². The number of carboxylic acid groups (broad SMARTS) is 1. The van der Waals surface area contributed by atoms with Gasteiger partial charge in [-0.25, -0.2) is 4.79 Å². The Kier molecular flexibility index (Phi) is 3.99. The van der Waals surface area contributed by atoms with Crippen molar-refractivity contribution in [1.82, 2.24) is 0 Å². The van der Waals surface area contributed by atoms with Gasteiger partial charge in [0.05, 0.1) is 5.57 Å². The summed E-state index contributed by atoms with van der Waals surface area (Å²) in [6.07, 6.45) is -0.934. The highest BCUT2D eigenvalue weighted by Crippen LogP contribution is 2.16. The number of aliphatic hydroxyl groups is 1. The summed E-state index contributed by atoms with van der Waals surface area (Å²) < 4.78 is 30.0. The van der Waals surface area contributed by atoms with Crippen LogP contribution in [0, 0.1) is 0 Å². The van der Waals surface area contributed by atoms with Crippen LogP contribution >= 0.6 is 0 Å². The van der Waals surface area contributed by atoms with Crippen molar-refractivity contribution in [3.05, 3.63) is 23.1 Å². The zero-order valence-electron chi connectivity index (χ0n) is 7.34. The minimum absolute atomic E-state index is 0.653. The fraction of sp³-hybridized carbons (Fsp3) is 0.286. The van der Waals surface area contributed by atoms with Gasteiger partial charge in [0.15, 0.2) is 0 Å². The normalized spacial score (nSPS) is 15.6. The van der Waals surface area contributed by atoms with Gasteiger partial charge in [-0.1, -0.05) is 6.08 Å². The molecule has 0 aliphatic carbocycles. The lowest BCUT2D eigenvalue weighted by Gasteiger charge is -2.09. The predicted molar refractivity (Wildman–Crippen MR) is 48.1 cm³/mol. The summed E-state index contributed by atoms with van der Waals surface area (Å²) in [4.78, 5) is 9.46. The zero-order chi connectivity index (χ0) is 11.5. The third kappa shape index (κ3) is 2.95. The molecule has 0 aliphatic rings. The summed E-state index contributed by atoms with van der Waals surface area (Å²) in [6, 6.07) is 0. The Morgan fingerprint density at radius 1 is 1.50 bits per heavy atom. The monoisotopic (exact) mass is 222 g/mol. The molecule has 6 nitrogen and oxygen atoms in total. The molecule has 0 fully saturated rings. The Labute approximate surface area is 80.9 Å². The van der Waals surface area contributed by atoms with Crippen LogP contribution in [0.15, 0.2) is 23.1 Å². The second kappa shape index (κ2) is 4.36. The molecule has 0 aromatic rings. The van der Waals surface area contributed by atoms with Gasteiger partial charge in [0.1, 0.15) is 11.0 Å². The Hall–Kier alpha value is -1.18. The summed E-state index contributed by atoms with van der Waals surface area (Å²) in [5, 5.41) is 17.6. The fourth-order valence-corrected chi connectivity index (χ4v) is 1.66. The highest BCUT2D eigenvalue weighted by molar-refractivity contribution is 7.89. The minimum atomic E-state index is -4.74. The summed E-state index contributed by atoms with van der Waals surface area (Å²) in [6.45, 7) is 4.04. The van der Waals surface area contributed by atoms with Crippen molar-refractivity contribution in [3.8, 4) is 0 Å². The van der Waals surface area contributed by atoms with Crippen LogP contribution in [0.2, 0.25) is 0 Å². The van der Waals surface area contributed by atoms with Crippen molar-refractivity contribution in [2.45, 2.75) is 13.0 Å². The Bertz CT molecular complexity index is 377. The number of hydrogen-bond donors (Lipinski definition) is 3. The van der Waals surface area contributed by atoms with E-state index in [0.717, 1.165) is 13.0 Å². The van der Waals surface area contributed by atoms with E-state index in [1.807, 2.05) is 0 Å². The number of rotatable bonds is 4. The average molecular weight is 222 g/mol. The second-order valence-corrected chi connectivity index (χ2v) is 3.84. The van der Waals surface area contributed by atoms with Crippen LogP contribution in [-0.2, 0) is 14.9 Å². The first-order chi connectivity index (χ1) is 6.21. The van der Waals surface area contributed by atoms with Crippen molar-refractivity contribution in [2.24, 2.45) is 0 Å². The van der Waals surface area contributed by atoms with E-state index in [1.165, 1.54) is 0 Å². The van der Waals surface area contributed by atoms with E-state index >= 15 is 0 Å². The number of hydrogen-bond acceptors (Lipinski definition) is 4. The lowest BCUT2D eigenvalue weighted by Crippen LogP contribution is -2.20. The van der Waals surface area contributed by atoms with Gasteiger partial charge in [-0.3, -0.25) is 4.55 Å². The SMILES string of the molecule is C=CC(O)/C(=C(/C)C(=O)O)S(=O)(=O)O. The molecular weight excluding hydrogens is 212 g/mol. The number of carbonyl (C=O) groups is 1. The van der Waals surface area contributed by atoms with Gasteiger partial charge in [0.2, 0.25) is 0 Å². The number of carboxylic acids is 1. The van der Waals surface area contributed by atoms with E-state index in [-0.39, 0.29) is 0 Å². The maximum atomic E-state index is 10.7. The van der Waals surface area contributed by atoms with Crippen LogP contribution in [0.25, 0.3) is 0 Å². The maximum absolute atomic E-state index is 10.7. The molecule has 0 aromatic heterocycles. The van der Waals surface area contributed by atoms with E-state index in [4.69, 9.17) is 14.8 Å². The largest absolute Gasteiger partial charge is 0.478 e. The molecule has 0 radical (unpaired) electrons. The molecular formula is C7H10O6S. The second-order valence-electron chi connectivity index (χ2n) is 2.45. The molecule has 7 heteroatoms. The van der Waals surface area contributed by atoms with Crippen molar-refractivity contribution in [3.63, 3.8) is 0 Å². The van der Waals surface area contributed by atoms with Crippen LogP contribution in [0.3, 0.4) is 0 Å². The van der Waals surface area contributed by atoms with Gasteiger partial charge in [-0.15, -0.1) is 6.58 Å². The summed E-state index contributed by atoms with van der Waals surface area (Å²) in [5.74, 6) is -1.54. The van der Waals surface area contributed by atoms with Crippen molar-refractivity contribution in [1.29, 1.82) is 0 Å². The van der Waals surface area contributed by atoms with E-state index < -0.39 is 32.7 Å². The molecule has 0 aliphatic heterocycles. The van der Waals surface area contributed by atoms with E-state index in [1.54, 1.807) is 0 Å². The zero-order valence-corrected chi connectivity index (χ0v) is 8.15. The standard InChI is InChI=1S/C7H10O6S/c1-3-5(8)6(14(11,12)13)4(2)7(9)10/h3,5,8H,1H2,2H3,(H,9,10)(H,11,12,13)/b6-4+. The minimum Gasteiger partial charge on any atom is -0.478 e. The smallest absolute Gasteiger partial charge is 0.332 e. The van der Waals surface area contributed by atoms with Crippen molar-refractivity contribution < 1.29 is 28.0 Å². The third-order valence-corrected chi connectivity index (χ3v) is 2.56. The van der Waals surface area contributed by atoms with Gasteiger partial charge >= 0.3 is 5.97 Å². The Balaban J connectivity index is 5.68. The quantitative estimate of drug-likeness (QED) is 0.344. The molecule has 0 saturated carbocycles. The molecule has 14 heavy (non-hydrogen) atoms. The average Bonchev–Trinajstić information content (AvgIpc) is 2.01.